The molecule has 0 heterocycles. The van der Waals surface area contributed by atoms with E-state index in [1.807, 2.05) is 0 Å². The summed E-state index contributed by atoms with van der Waals surface area (Å²) in [4.78, 5) is 15.7. The summed E-state index contributed by atoms with van der Waals surface area (Å²) in [6.45, 7) is 1.89. The van der Waals surface area contributed by atoms with E-state index in [1.54, 1.807) is 25.9 Å². The normalized spacial score (nSPS) is 12.1. The van der Waals surface area contributed by atoms with E-state index < -0.39 is 12.2 Å². The summed E-state index contributed by atoms with van der Waals surface area (Å²) in [7, 11) is 4.80. The van der Waals surface area contributed by atoms with Gasteiger partial charge in [-0.25, -0.2) is 4.79 Å². The van der Waals surface area contributed by atoms with Gasteiger partial charge in [-0.3, -0.25) is 4.90 Å². The number of carbonyl (C=O) groups is 1. The fraction of sp³-hybridized carbons (Fsp3) is 0.750. The van der Waals surface area contributed by atoms with Crippen LogP contribution >= 0.6 is 0 Å². The zero-order valence-electron chi connectivity index (χ0n) is 8.85. The van der Waals surface area contributed by atoms with Gasteiger partial charge in [0.05, 0.1) is 6.61 Å². The van der Waals surface area contributed by atoms with Crippen LogP contribution in [-0.4, -0.2) is 55.4 Å². The van der Waals surface area contributed by atoms with Crippen molar-refractivity contribution in [2.75, 3.05) is 27.8 Å². The number of rotatable bonds is 5. The Hall–Kier alpha value is -1.23. The third kappa shape index (κ3) is 3.26. The van der Waals surface area contributed by atoms with Gasteiger partial charge in [-0.15, -0.1) is 0 Å². The van der Waals surface area contributed by atoms with Gasteiger partial charge < -0.3 is 15.0 Å². The van der Waals surface area contributed by atoms with E-state index in [2.05, 4.69) is 4.79 Å². The fourth-order valence-corrected chi connectivity index (χ4v) is 0.963. The smallest absolute Gasteiger partial charge is 0.421 e. The first-order valence-electron chi connectivity index (χ1n) is 4.16. The largest absolute Gasteiger partial charge is 0.457 e. The first-order chi connectivity index (χ1) is 6.58. The summed E-state index contributed by atoms with van der Waals surface area (Å²) in [6, 6.07) is 0. The van der Waals surface area contributed by atoms with E-state index in [9.17, 15) is 4.79 Å². The van der Waals surface area contributed by atoms with Crippen molar-refractivity contribution in [3.05, 3.63) is 5.53 Å². The molecule has 0 amide bonds. The van der Waals surface area contributed by atoms with Crippen molar-refractivity contribution in [1.82, 2.24) is 4.90 Å². The Morgan fingerprint density at radius 3 is 2.43 bits per heavy atom. The molecule has 6 heteroatoms. The van der Waals surface area contributed by atoms with E-state index in [-0.39, 0.29) is 12.3 Å². The Morgan fingerprint density at radius 2 is 2.14 bits per heavy atom. The SMILES string of the molecule is CCOC(=O)C(=[N+]=[N-])C(OC)N(C)C. The Labute approximate surface area is 83.0 Å². The van der Waals surface area contributed by atoms with Gasteiger partial charge >= 0.3 is 11.7 Å². The summed E-state index contributed by atoms with van der Waals surface area (Å²) >= 11 is 0. The molecule has 0 aromatic rings. The number of nitrogens with zero attached hydrogens (tertiary/aromatic N) is 3. The monoisotopic (exact) mass is 201 g/mol. The lowest BCUT2D eigenvalue weighted by atomic mass is 10.3. The van der Waals surface area contributed by atoms with Crippen LogP contribution in [0.4, 0.5) is 0 Å². The molecule has 0 aliphatic carbocycles. The van der Waals surface area contributed by atoms with Crippen LogP contribution in [0.25, 0.3) is 5.53 Å². The van der Waals surface area contributed by atoms with Crippen LogP contribution < -0.4 is 0 Å². The zero-order chi connectivity index (χ0) is 11.1. The van der Waals surface area contributed by atoms with Crippen molar-refractivity contribution in [1.29, 1.82) is 0 Å². The maximum Gasteiger partial charge on any atom is 0.421 e. The molecule has 1 unspecified atom stereocenters. The van der Waals surface area contributed by atoms with Crippen molar-refractivity contribution >= 4 is 11.7 Å². The molecule has 0 aliphatic rings. The summed E-state index contributed by atoms with van der Waals surface area (Å²) in [5.41, 5.74) is 8.49. The highest BCUT2D eigenvalue weighted by molar-refractivity contribution is 6.35. The molecule has 6 nitrogen and oxygen atoms in total. The molecule has 0 bridgehead atoms. The summed E-state index contributed by atoms with van der Waals surface area (Å²) in [5, 5.41) is 0. The highest BCUT2D eigenvalue weighted by Gasteiger charge is 2.34. The molecule has 0 radical (unpaired) electrons. The van der Waals surface area contributed by atoms with Crippen molar-refractivity contribution in [3.8, 4) is 0 Å². The van der Waals surface area contributed by atoms with Gasteiger partial charge in [-0.2, -0.15) is 4.79 Å². The van der Waals surface area contributed by atoms with Crippen molar-refractivity contribution < 1.29 is 19.1 Å². The number of carbonyl (C=O) groups excluding carboxylic acids is 1. The molecule has 0 saturated carbocycles. The lowest BCUT2D eigenvalue weighted by Crippen LogP contribution is -2.42. The Bertz CT molecular complexity index is 246. The third-order valence-corrected chi connectivity index (χ3v) is 1.52. The molecule has 0 aliphatic heterocycles. The summed E-state index contributed by atoms with van der Waals surface area (Å²) < 4.78 is 9.66. The number of hydrogen-bond donors (Lipinski definition) is 0. The minimum absolute atomic E-state index is 0.167. The quantitative estimate of drug-likeness (QED) is 0.202. The maximum absolute atomic E-state index is 11.3. The predicted molar refractivity (Wildman–Crippen MR) is 49.7 cm³/mol. The van der Waals surface area contributed by atoms with Crippen LogP contribution in [0.2, 0.25) is 0 Å². The van der Waals surface area contributed by atoms with Crippen molar-refractivity contribution in [2.45, 2.75) is 13.2 Å². The van der Waals surface area contributed by atoms with E-state index in [1.165, 1.54) is 7.11 Å². The van der Waals surface area contributed by atoms with Gasteiger partial charge in [0.1, 0.15) is 0 Å². The predicted octanol–water partition coefficient (Wildman–Crippen LogP) is -0.246. The van der Waals surface area contributed by atoms with Gasteiger partial charge in [-0.05, 0) is 21.0 Å². The van der Waals surface area contributed by atoms with Crippen LogP contribution in [0.1, 0.15) is 6.92 Å². The standard InChI is InChI=1S/C8H15N3O3/c1-5-14-8(12)6(10-9)7(13-4)11(2)3/h7H,5H2,1-4H3. The topological polar surface area (TPSA) is 75.2 Å². The molecule has 0 N–H and O–H groups in total. The van der Waals surface area contributed by atoms with E-state index >= 15 is 0 Å². The second-order valence-corrected chi connectivity index (χ2v) is 2.76. The van der Waals surface area contributed by atoms with Gasteiger partial charge in [0, 0.05) is 7.11 Å². The van der Waals surface area contributed by atoms with Crippen LogP contribution in [0.5, 0.6) is 0 Å². The Kier molecular flexibility index (Phi) is 5.71. The zero-order valence-corrected chi connectivity index (χ0v) is 8.85. The number of esters is 1. The molecule has 0 rings (SSSR count). The lowest BCUT2D eigenvalue weighted by Gasteiger charge is -2.17. The molecule has 0 saturated heterocycles. The average molecular weight is 201 g/mol. The molecule has 80 valence electrons. The summed E-state index contributed by atoms with van der Waals surface area (Å²) in [6.07, 6.45) is -0.709. The molecule has 0 aromatic carbocycles. The fourth-order valence-electron chi connectivity index (χ4n) is 0.963. The molecule has 0 fully saturated rings. The Balaban J connectivity index is 4.71. The minimum Gasteiger partial charge on any atom is -0.457 e. The van der Waals surface area contributed by atoms with Gasteiger partial charge in [0.15, 0.2) is 0 Å². The van der Waals surface area contributed by atoms with E-state index in [0.717, 1.165) is 0 Å². The first-order valence-corrected chi connectivity index (χ1v) is 4.16. The summed E-state index contributed by atoms with van der Waals surface area (Å²) in [5.74, 6) is -0.685. The Morgan fingerprint density at radius 1 is 1.57 bits per heavy atom. The van der Waals surface area contributed by atoms with Crippen molar-refractivity contribution in [2.24, 2.45) is 0 Å². The number of methoxy groups -OCH3 is 1. The van der Waals surface area contributed by atoms with Gasteiger partial charge in [-0.1, -0.05) is 0 Å². The average Bonchev–Trinajstić information content (AvgIpc) is 2.13. The minimum atomic E-state index is -0.709. The maximum atomic E-state index is 11.3. The first kappa shape index (κ1) is 12.8. The highest BCUT2D eigenvalue weighted by Crippen LogP contribution is 1.98. The molecule has 0 aromatic heterocycles. The van der Waals surface area contributed by atoms with Crippen molar-refractivity contribution in [3.63, 3.8) is 0 Å². The molecular formula is C8H15N3O3. The van der Waals surface area contributed by atoms with E-state index in [4.69, 9.17) is 15.0 Å². The van der Waals surface area contributed by atoms with Crippen LogP contribution in [0.15, 0.2) is 0 Å². The molecule has 1 atom stereocenters. The number of ether oxygens (including phenoxy) is 2. The third-order valence-electron chi connectivity index (χ3n) is 1.52. The number of hydrogen-bond acceptors (Lipinski definition) is 4. The van der Waals surface area contributed by atoms with Crippen LogP contribution in [0, 0.1) is 0 Å². The lowest BCUT2D eigenvalue weighted by molar-refractivity contribution is -0.143. The van der Waals surface area contributed by atoms with Crippen LogP contribution in [0.3, 0.4) is 0 Å². The molecule has 0 spiro atoms. The van der Waals surface area contributed by atoms with Gasteiger partial charge in [0.2, 0.25) is 6.23 Å². The molecular weight excluding hydrogens is 186 g/mol. The highest BCUT2D eigenvalue weighted by atomic mass is 16.5. The van der Waals surface area contributed by atoms with Gasteiger partial charge in [0.25, 0.3) is 0 Å². The molecule has 14 heavy (non-hydrogen) atoms. The second-order valence-electron chi connectivity index (χ2n) is 2.76. The second kappa shape index (κ2) is 6.26. The van der Waals surface area contributed by atoms with Crippen LogP contribution in [-0.2, 0) is 14.3 Å². The van der Waals surface area contributed by atoms with E-state index in [0.29, 0.717) is 0 Å².